The number of sulfonamides is 1. The maximum Gasteiger partial charge on any atom is 0.232 e. The van der Waals surface area contributed by atoms with Gasteiger partial charge in [-0.2, -0.15) is 0 Å². The molecule has 0 atom stereocenters. The molecule has 0 fully saturated rings. The molecule has 1 aromatic rings. The smallest absolute Gasteiger partial charge is 0.232 e. The molecule has 0 amide bonds. The van der Waals surface area contributed by atoms with Crippen molar-refractivity contribution in [2.75, 3.05) is 23.7 Å². The van der Waals surface area contributed by atoms with E-state index in [1.807, 2.05) is 32.0 Å². The molecule has 0 aliphatic heterocycles. The Morgan fingerprint density at radius 1 is 1.17 bits per heavy atom. The molecule has 0 saturated heterocycles. The highest BCUT2D eigenvalue weighted by Crippen LogP contribution is 2.28. The standard InChI is InChI=1S/C13H21NO3S/c1-4-11-7-6-8-12(5-2)13(11)14(9-10-15)18(3,16)17/h6-8,15H,4-5,9-10H2,1-3H3. The number of anilines is 1. The SMILES string of the molecule is CCc1cccc(CC)c1N(CCO)S(C)(=O)=O. The van der Waals surface area contributed by atoms with Gasteiger partial charge in [0.15, 0.2) is 0 Å². The van der Waals surface area contributed by atoms with Gasteiger partial charge in [-0.3, -0.25) is 4.31 Å². The fourth-order valence-electron chi connectivity index (χ4n) is 2.07. The first-order valence-electron chi connectivity index (χ1n) is 6.15. The third kappa shape index (κ3) is 3.23. The Balaban J connectivity index is 3.43. The zero-order valence-corrected chi connectivity index (χ0v) is 12.0. The first-order chi connectivity index (χ1) is 8.45. The number of rotatable bonds is 6. The molecule has 0 radical (unpaired) electrons. The summed E-state index contributed by atoms with van der Waals surface area (Å²) in [5.74, 6) is 0. The van der Waals surface area contributed by atoms with Crippen LogP contribution in [-0.4, -0.2) is 32.9 Å². The van der Waals surface area contributed by atoms with Gasteiger partial charge in [-0.25, -0.2) is 8.42 Å². The number of nitrogens with zero attached hydrogens (tertiary/aromatic N) is 1. The number of aryl methyl sites for hydroxylation is 2. The highest BCUT2D eigenvalue weighted by molar-refractivity contribution is 7.92. The molecule has 5 heteroatoms. The van der Waals surface area contributed by atoms with E-state index in [1.165, 1.54) is 10.6 Å². The minimum absolute atomic E-state index is 0.100. The van der Waals surface area contributed by atoms with Crippen LogP contribution in [0.5, 0.6) is 0 Å². The molecule has 1 N–H and O–H groups in total. The number of aliphatic hydroxyl groups is 1. The second kappa shape index (κ2) is 6.20. The van der Waals surface area contributed by atoms with Crippen molar-refractivity contribution in [3.05, 3.63) is 29.3 Å². The summed E-state index contributed by atoms with van der Waals surface area (Å²) in [7, 11) is -3.37. The van der Waals surface area contributed by atoms with E-state index < -0.39 is 10.0 Å². The van der Waals surface area contributed by atoms with Gasteiger partial charge in [0.25, 0.3) is 0 Å². The Bertz CT molecular complexity index is 475. The largest absolute Gasteiger partial charge is 0.394 e. The van der Waals surface area contributed by atoms with Crippen LogP contribution in [0.1, 0.15) is 25.0 Å². The van der Waals surface area contributed by atoms with Gasteiger partial charge >= 0.3 is 0 Å². The van der Waals surface area contributed by atoms with E-state index in [0.29, 0.717) is 0 Å². The maximum atomic E-state index is 11.9. The van der Waals surface area contributed by atoms with Crippen molar-refractivity contribution in [2.24, 2.45) is 0 Å². The number of aliphatic hydroxyl groups excluding tert-OH is 1. The average molecular weight is 271 g/mol. The zero-order valence-electron chi connectivity index (χ0n) is 11.2. The molecule has 0 heterocycles. The molecule has 0 aliphatic carbocycles. The quantitative estimate of drug-likeness (QED) is 0.854. The van der Waals surface area contributed by atoms with E-state index in [9.17, 15) is 8.42 Å². The van der Waals surface area contributed by atoms with Gasteiger partial charge in [-0.05, 0) is 24.0 Å². The third-order valence-electron chi connectivity index (χ3n) is 2.92. The summed E-state index contributed by atoms with van der Waals surface area (Å²) in [6, 6.07) is 5.81. The second-order valence-electron chi connectivity index (χ2n) is 4.19. The summed E-state index contributed by atoms with van der Waals surface area (Å²) in [6.45, 7) is 3.91. The predicted octanol–water partition coefficient (Wildman–Crippen LogP) is 1.57. The predicted molar refractivity (Wildman–Crippen MR) is 74.5 cm³/mol. The summed E-state index contributed by atoms with van der Waals surface area (Å²) >= 11 is 0. The van der Waals surface area contributed by atoms with Gasteiger partial charge in [0, 0.05) is 0 Å². The van der Waals surface area contributed by atoms with Crippen molar-refractivity contribution in [1.29, 1.82) is 0 Å². The van der Waals surface area contributed by atoms with Crippen molar-refractivity contribution < 1.29 is 13.5 Å². The van der Waals surface area contributed by atoms with Gasteiger partial charge in [0.2, 0.25) is 10.0 Å². The number of hydrogen-bond donors (Lipinski definition) is 1. The summed E-state index contributed by atoms with van der Waals surface area (Å²) in [6.07, 6.45) is 2.70. The summed E-state index contributed by atoms with van der Waals surface area (Å²) in [5, 5.41) is 9.08. The van der Waals surface area contributed by atoms with Crippen LogP contribution < -0.4 is 4.31 Å². The number of para-hydroxylation sites is 1. The van der Waals surface area contributed by atoms with Crippen molar-refractivity contribution in [2.45, 2.75) is 26.7 Å². The van der Waals surface area contributed by atoms with Crippen molar-refractivity contribution in [3.63, 3.8) is 0 Å². The Kier molecular flexibility index (Phi) is 5.16. The van der Waals surface area contributed by atoms with Crippen molar-refractivity contribution >= 4 is 15.7 Å². The van der Waals surface area contributed by atoms with E-state index in [0.717, 1.165) is 29.7 Å². The monoisotopic (exact) mass is 271 g/mol. The Labute approximate surface area is 109 Å². The lowest BCUT2D eigenvalue weighted by atomic mass is 10.0. The molecule has 0 aromatic heterocycles. The number of hydrogen-bond acceptors (Lipinski definition) is 3. The van der Waals surface area contributed by atoms with Crippen LogP contribution in [0.25, 0.3) is 0 Å². The molecule has 0 spiro atoms. The van der Waals surface area contributed by atoms with Crippen LogP contribution >= 0.6 is 0 Å². The molecule has 0 bridgehead atoms. The minimum Gasteiger partial charge on any atom is -0.394 e. The van der Waals surface area contributed by atoms with E-state index >= 15 is 0 Å². The van der Waals surface area contributed by atoms with Crippen LogP contribution in [0, 0.1) is 0 Å². The summed E-state index contributed by atoms with van der Waals surface area (Å²) in [4.78, 5) is 0. The van der Waals surface area contributed by atoms with Crippen LogP contribution in [0.15, 0.2) is 18.2 Å². The fraction of sp³-hybridized carbons (Fsp3) is 0.538. The van der Waals surface area contributed by atoms with Crippen LogP contribution in [0.2, 0.25) is 0 Å². The first kappa shape index (κ1) is 15.0. The summed E-state index contributed by atoms with van der Waals surface area (Å²) < 4.78 is 25.1. The lowest BCUT2D eigenvalue weighted by molar-refractivity contribution is 0.306. The zero-order chi connectivity index (χ0) is 13.8. The Hall–Kier alpha value is -1.07. The van der Waals surface area contributed by atoms with E-state index in [2.05, 4.69) is 0 Å². The van der Waals surface area contributed by atoms with Crippen LogP contribution in [-0.2, 0) is 22.9 Å². The third-order valence-corrected chi connectivity index (χ3v) is 4.08. The van der Waals surface area contributed by atoms with Crippen molar-refractivity contribution in [1.82, 2.24) is 0 Å². The molecular weight excluding hydrogens is 250 g/mol. The molecule has 1 rings (SSSR count). The van der Waals surface area contributed by atoms with Crippen molar-refractivity contribution in [3.8, 4) is 0 Å². The average Bonchev–Trinajstić information content (AvgIpc) is 2.33. The van der Waals surface area contributed by atoms with Gasteiger partial charge in [0.05, 0.1) is 25.1 Å². The van der Waals surface area contributed by atoms with Crippen LogP contribution in [0.3, 0.4) is 0 Å². The minimum atomic E-state index is -3.37. The highest BCUT2D eigenvalue weighted by Gasteiger charge is 2.21. The lowest BCUT2D eigenvalue weighted by Gasteiger charge is -2.26. The van der Waals surface area contributed by atoms with Gasteiger partial charge in [-0.15, -0.1) is 0 Å². The Morgan fingerprint density at radius 2 is 1.67 bits per heavy atom. The molecule has 4 nitrogen and oxygen atoms in total. The van der Waals surface area contributed by atoms with E-state index in [1.54, 1.807) is 0 Å². The van der Waals surface area contributed by atoms with E-state index in [-0.39, 0.29) is 13.2 Å². The maximum absolute atomic E-state index is 11.9. The number of benzene rings is 1. The topological polar surface area (TPSA) is 57.6 Å². The molecule has 0 unspecified atom stereocenters. The van der Waals surface area contributed by atoms with Gasteiger partial charge in [0.1, 0.15) is 0 Å². The van der Waals surface area contributed by atoms with E-state index in [4.69, 9.17) is 5.11 Å². The fourth-order valence-corrected chi connectivity index (χ4v) is 3.05. The molecule has 0 saturated carbocycles. The molecule has 18 heavy (non-hydrogen) atoms. The molecule has 1 aromatic carbocycles. The molecule has 0 aliphatic rings. The lowest BCUT2D eigenvalue weighted by Crippen LogP contribution is -2.34. The first-order valence-corrected chi connectivity index (χ1v) is 7.99. The Morgan fingerprint density at radius 3 is 2.00 bits per heavy atom. The van der Waals surface area contributed by atoms with Crippen LogP contribution in [0.4, 0.5) is 5.69 Å². The molecular formula is C13H21NO3S. The molecule has 102 valence electrons. The highest BCUT2D eigenvalue weighted by atomic mass is 32.2. The summed E-state index contributed by atoms with van der Waals surface area (Å²) in [5.41, 5.74) is 2.72. The normalized spacial score (nSPS) is 11.6. The second-order valence-corrected chi connectivity index (χ2v) is 6.10. The van der Waals surface area contributed by atoms with Gasteiger partial charge in [-0.1, -0.05) is 32.0 Å². The van der Waals surface area contributed by atoms with Gasteiger partial charge < -0.3 is 5.11 Å².